The fourth-order valence-corrected chi connectivity index (χ4v) is 3.42. The first-order chi connectivity index (χ1) is 14.2. The lowest BCUT2D eigenvalue weighted by Gasteiger charge is -2.26. The summed E-state index contributed by atoms with van der Waals surface area (Å²) < 4.78 is 20.3. The van der Waals surface area contributed by atoms with Gasteiger partial charge in [0.2, 0.25) is 0 Å². The summed E-state index contributed by atoms with van der Waals surface area (Å²) in [5, 5.41) is 5.33. The van der Waals surface area contributed by atoms with Gasteiger partial charge in [-0.25, -0.2) is 9.18 Å². The molecule has 1 aliphatic carbocycles. The van der Waals surface area contributed by atoms with Crippen molar-refractivity contribution < 1.29 is 18.7 Å². The van der Waals surface area contributed by atoms with Crippen LogP contribution in [0.15, 0.2) is 18.2 Å². The lowest BCUT2D eigenvalue weighted by molar-refractivity contribution is -0.0620. The van der Waals surface area contributed by atoms with Gasteiger partial charge in [0.15, 0.2) is 0 Å². The Kier molecular flexibility index (Phi) is 7.31. The summed E-state index contributed by atoms with van der Waals surface area (Å²) in [5.74, 6) is -0.808. The zero-order valence-electron chi connectivity index (χ0n) is 18.2. The maximum atomic E-state index is 14.5. The number of nitrogens with zero attached hydrogens (tertiary/aromatic N) is 2. The van der Waals surface area contributed by atoms with Gasteiger partial charge in [0.1, 0.15) is 5.82 Å². The van der Waals surface area contributed by atoms with Crippen molar-refractivity contribution >= 4 is 17.6 Å². The van der Waals surface area contributed by atoms with E-state index < -0.39 is 11.8 Å². The number of amides is 3. The minimum Gasteiger partial charge on any atom is -0.360 e. The highest BCUT2D eigenvalue weighted by atomic mass is 19.1. The van der Waals surface area contributed by atoms with Crippen LogP contribution in [0.1, 0.15) is 56.8 Å². The zero-order chi connectivity index (χ0) is 21.7. The number of halogens is 1. The highest BCUT2D eigenvalue weighted by molar-refractivity contribution is 5.95. The number of hydrogen-bond donors (Lipinski definition) is 2. The average Bonchev–Trinajstić information content (AvgIpc) is 2.89. The van der Waals surface area contributed by atoms with E-state index in [2.05, 4.69) is 15.5 Å². The van der Waals surface area contributed by atoms with Gasteiger partial charge in [-0.15, -0.1) is 0 Å². The molecule has 3 rings (SSSR count). The Bertz CT molecular complexity index is 761. The second-order valence-corrected chi connectivity index (χ2v) is 9.07. The molecule has 3 amide bonds. The van der Waals surface area contributed by atoms with Crippen LogP contribution >= 0.6 is 0 Å². The van der Waals surface area contributed by atoms with Crippen LogP contribution in [0.25, 0.3) is 0 Å². The van der Waals surface area contributed by atoms with Crippen LogP contribution in [-0.4, -0.2) is 66.3 Å². The molecule has 0 radical (unpaired) electrons. The van der Waals surface area contributed by atoms with Crippen molar-refractivity contribution in [2.24, 2.45) is 0 Å². The molecule has 166 valence electrons. The molecule has 7 nitrogen and oxygen atoms in total. The summed E-state index contributed by atoms with van der Waals surface area (Å²) in [7, 11) is 0. The van der Waals surface area contributed by atoms with Gasteiger partial charge in [0.25, 0.3) is 5.91 Å². The van der Waals surface area contributed by atoms with Crippen LogP contribution in [0.2, 0.25) is 0 Å². The Morgan fingerprint density at radius 3 is 2.53 bits per heavy atom. The number of hydrogen-bond acceptors (Lipinski definition) is 4. The summed E-state index contributed by atoms with van der Waals surface area (Å²) in [4.78, 5) is 28.7. The SMILES string of the molecule is CC(C)(C)OCN1CCCN(C(=O)c2ccc(NC(=O)NC3CCC3)c(F)c2)CC1. The molecule has 1 aromatic carbocycles. The van der Waals surface area contributed by atoms with E-state index in [4.69, 9.17) is 4.74 Å². The third-order valence-electron chi connectivity index (χ3n) is 5.46. The van der Waals surface area contributed by atoms with Crippen LogP contribution in [0, 0.1) is 5.82 Å². The molecule has 8 heteroatoms. The van der Waals surface area contributed by atoms with Gasteiger partial charge >= 0.3 is 6.03 Å². The summed E-state index contributed by atoms with van der Waals surface area (Å²) in [6, 6.07) is 3.97. The smallest absolute Gasteiger partial charge is 0.319 e. The number of anilines is 1. The predicted molar refractivity (Wildman–Crippen MR) is 114 cm³/mol. The van der Waals surface area contributed by atoms with Gasteiger partial charge in [-0.05, 0) is 64.7 Å². The van der Waals surface area contributed by atoms with Gasteiger partial charge in [0.05, 0.1) is 18.0 Å². The largest absolute Gasteiger partial charge is 0.360 e. The van der Waals surface area contributed by atoms with E-state index in [0.717, 1.165) is 32.2 Å². The Labute approximate surface area is 177 Å². The molecule has 2 fully saturated rings. The van der Waals surface area contributed by atoms with Gasteiger partial charge in [-0.1, -0.05) is 0 Å². The quantitative estimate of drug-likeness (QED) is 0.766. The van der Waals surface area contributed by atoms with E-state index in [1.54, 1.807) is 11.0 Å². The molecular weight excluding hydrogens is 387 g/mol. The highest BCUT2D eigenvalue weighted by Gasteiger charge is 2.23. The van der Waals surface area contributed by atoms with E-state index in [0.29, 0.717) is 26.4 Å². The number of nitrogens with one attached hydrogen (secondary N) is 2. The van der Waals surface area contributed by atoms with Crippen LogP contribution < -0.4 is 10.6 Å². The van der Waals surface area contributed by atoms with Gasteiger partial charge in [0, 0.05) is 37.8 Å². The number of ether oxygens (including phenoxy) is 1. The monoisotopic (exact) mass is 420 g/mol. The number of benzene rings is 1. The molecule has 1 aliphatic heterocycles. The van der Waals surface area contributed by atoms with E-state index in [-0.39, 0.29) is 28.8 Å². The number of carbonyl (C=O) groups is 2. The molecule has 1 heterocycles. The van der Waals surface area contributed by atoms with Crippen molar-refractivity contribution in [1.29, 1.82) is 0 Å². The summed E-state index contributed by atoms with van der Waals surface area (Å²) in [6.45, 7) is 9.34. The summed E-state index contributed by atoms with van der Waals surface area (Å²) in [5.41, 5.74) is 0.158. The topological polar surface area (TPSA) is 73.9 Å². The second kappa shape index (κ2) is 9.75. The Morgan fingerprint density at radius 2 is 1.90 bits per heavy atom. The Hall–Kier alpha value is -2.19. The third-order valence-corrected chi connectivity index (χ3v) is 5.46. The number of rotatable bonds is 5. The first-order valence-corrected chi connectivity index (χ1v) is 10.7. The van der Waals surface area contributed by atoms with Crippen LogP contribution in [0.4, 0.5) is 14.9 Å². The molecule has 1 aromatic rings. The Morgan fingerprint density at radius 1 is 1.13 bits per heavy atom. The van der Waals surface area contributed by atoms with E-state index in [9.17, 15) is 14.0 Å². The third kappa shape index (κ3) is 6.40. The molecule has 2 aliphatic rings. The second-order valence-electron chi connectivity index (χ2n) is 9.07. The Balaban J connectivity index is 1.54. The molecule has 0 unspecified atom stereocenters. The number of carbonyl (C=O) groups excluding carboxylic acids is 2. The summed E-state index contributed by atoms with van der Waals surface area (Å²) in [6.07, 6.45) is 3.86. The lowest BCUT2D eigenvalue weighted by Crippen LogP contribution is -2.42. The molecule has 0 atom stereocenters. The first kappa shape index (κ1) is 22.5. The fourth-order valence-electron chi connectivity index (χ4n) is 3.42. The van der Waals surface area contributed by atoms with Crippen LogP contribution in [0.3, 0.4) is 0 Å². The highest BCUT2D eigenvalue weighted by Crippen LogP contribution is 2.20. The van der Waals surface area contributed by atoms with Crippen molar-refractivity contribution in [2.75, 3.05) is 38.2 Å². The summed E-state index contributed by atoms with van der Waals surface area (Å²) >= 11 is 0. The van der Waals surface area contributed by atoms with Crippen LogP contribution in [-0.2, 0) is 4.74 Å². The van der Waals surface area contributed by atoms with Crippen molar-refractivity contribution in [3.63, 3.8) is 0 Å². The first-order valence-electron chi connectivity index (χ1n) is 10.7. The van der Waals surface area contributed by atoms with E-state index in [1.165, 1.54) is 12.1 Å². The van der Waals surface area contributed by atoms with Gasteiger partial charge < -0.3 is 20.3 Å². The minimum atomic E-state index is -0.611. The van der Waals surface area contributed by atoms with Gasteiger partial charge in [-0.2, -0.15) is 0 Å². The molecule has 0 bridgehead atoms. The van der Waals surface area contributed by atoms with Crippen molar-refractivity contribution in [3.05, 3.63) is 29.6 Å². The lowest BCUT2D eigenvalue weighted by atomic mass is 9.93. The van der Waals surface area contributed by atoms with Crippen molar-refractivity contribution in [2.45, 2.75) is 58.1 Å². The van der Waals surface area contributed by atoms with Crippen molar-refractivity contribution in [3.8, 4) is 0 Å². The molecule has 30 heavy (non-hydrogen) atoms. The zero-order valence-corrected chi connectivity index (χ0v) is 18.2. The molecular formula is C22H33FN4O3. The number of urea groups is 1. The maximum Gasteiger partial charge on any atom is 0.319 e. The molecule has 1 saturated carbocycles. The standard InChI is InChI=1S/C22H33FN4O3/c1-22(2,3)30-15-26-10-5-11-27(13-12-26)20(28)16-8-9-19(18(23)14-16)25-21(29)24-17-6-4-7-17/h8-9,14,17H,4-7,10-13,15H2,1-3H3,(H2,24,25,29). The minimum absolute atomic E-state index is 0.0738. The van der Waals surface area contributed by atoms with Crippen molar-refractivity contribution in [1.82, 2.24) is 15.1 Å². The normalized spacial score (nSPS) is 18.5. The van der Waals surface area contributed by atoms with E-state index >= 15 is 0 Å². The molecule has 2 N–H and O–H groups in total. The molecule has 0 aromatic heterocycles. The average molecular weight is 421 g/mol. The maximum absolute atomic E-state index is 14.5. The van der Waals surface area contributed by atoms with Crippen LogP contribution in [0.5, 0.6) is 0 Å². The van der Waals surface area contributed by atoms with E-state index in [1.807, 2.05) is 20.8 Å². The van der Waals surface area contributed by atoms with Gasteiger partial charge in [-0.3, -0.25) is 9.69 Å². The molecule has 1 saturated heterocycles. The fraction of sp³-hybridized carbons (Fsp3) is 0.636. The molecule has 0 spiro atoms. The predicted octanol–water partition coefficient (Wildman–Crippen LogP) is 3.42.